The topological polar surface area (TPSA) is 69.7 Å². The van der Waals surface area contributed by atoms with E-state index in [2.05, 4.69) is 5.32 Å². The summed E-state index contributed by atoms with van der Waals surface area (Å²) in [7, 11) is 0. The maximum absolute atomic E-state index is 12.7. The largest absolute Gasteiger partial charge is 0.338 e. The molecule has 1 unspecified atom stereocenters. The van der Waals surface area contributed by atoms with Crippen LogP contribution in [0.1, 0.15) is 28.9 Å². The molecule has 2 aliphatic heterocycles. The van der Waals surface area contributed by atoms with Gasteiger partial charge in [-0.2, -0.15) is 0 Å². The van der Waals surface area contributed by atoms with Crippen LogP contribution in [-0.4, -0.2) is 47.8 Å². The molecular formula is C20H20ClN3O3S. The monoisotopic (exact) mass is 417 g/mol. The predicted molar refractivity (Wildman–Crippen MR) is 109 cm³/mol. The summed E-state index contributed by atoms with van der Waals surface area (Å²) in [5, 5.41) is 5.79. The summed E-state index contributed by atoms with van der Waals surface area (Å²) in [6.07, 6.45) is 1.67. The lowest BCUT2D eigenvalue weighted by Crippen LogP contribution is -2.49. The molecule has 0 spiro atoms. The molecule has 2 aliphatic rings. The number of nitrogens with one attached hydrogen (secondary N) is 1. The van der Waals surface area contributed by atoms with E-state index in [1.165, 1.54) is 16.2 Å². The minimum Gasteiger partial charge on any atom is -0.338 e. The summed E-state index contributed by atoms with van der Waals surface area (Å²) in [5.74, 6) is -0.381. The smallest absolute Gasteiger partial charge is 0.263 e. The lowest BCUT2D eigenvalue weighted by Gasteiger charge is -2.33. The van der Waals surface area contributed by atoms with E-state index in [0.29, 0.717) is 23.8 Å². The van der Waals surface area contributed by atoms with E-state index >= 15 is 0 Å². The first-order chi connectivity index (χ1) is 13.5. The molecule has 0 bridgehead atoms. The van der Waals surface area contributed by atoms with Gasteiger partial charge in [-0.15, -0.1) is 11.3 Å². The van der Waals surface area contributed by atoms with Crippen LogP contribution in [0.2, 0.25) is 5.02 Å². The van der Waals surface area contributed by atoms with Gasteiger partial charge in [0.25, 0.3) is 11.8 Å². The van der Waals surface area contributed by atoms with Gasteiger partial charge in [0.2, 0.25) is 5.91 Å². The van der Waals surface area contributed by atoms with E-state index in [9.17, 15) is 14.4 Å². The Morgan fingerprint density at radius 3 is 2.46 bits per heavy atom. The van der Waals surface area contributed by atoms with Gasteiger partial charge in [-0.3, -0.25) is 14.4 Å². The average Bonchev–Trinajstić information content (AvgIpc) is 3.32. The van der Waals surface area contributed by atoms with E-state index in [4.69, 9.17) is 11.6 Å². The summed E-state index contributed by atoms with van der Waals surface area (Å²) >= 11 is 7.34. The number of hydrogen-bond donors (Lipinski definition) is 1. The Bertz CT molecular complexity index is 877. The Hall–Kier alpha value is -2.22. The van der Waals surface area contributed by atoms with Crippen LogP contribution >= 0.6 is 22.9 Å². The Labute approximate surface area is 172 Å². The van der Waals surface area contributed by atoms with E-state index < -0.39 is 6.04 Å². The van der Waals surface area contributed by atoms with Gasteiger partial charge in [0, 0.05) is 24.2 Å². The van der Waals surface area contributed by atoms with Crippen LogP contribution in [0, 0.1) is 0 Å². The van der Waals surface area contributed by atoms with Crippen molar-refractivity contribution in [2.45, 2.75) is 31.3 Å². The van der Waals surface area contributed by atoms with Gasteiger partial charge in [0.05, 0.1) is 23.0 Å². The quantitative estimate of drug-likeness (QED) is 0.776. The van der Waals surface area contributed by atoms with Crippen LogP contribution in [0.3, 0.4) is 0 Å². The van der Waals surface area contributed by atoms with Crippen LogP contribution in [0.25, 0.3) is 0 Å². The maximum atomic E-state index is 12.7. The number of thiophene rings is 1. The van der Waals surface area contributed by atoms with Crippen LogP contribution in [-0.2, 0) is 9.59 Å². The normalized spacial score (nSPS) is 20.8. The summed E-state index contributed by atoms with van der Waals surface area (Å²) in [6.45, 7) is 1.29. The Balaban J connectivity index is 1.34. The fourth-order valence-corrected chi connectivity index (χ4v) is 4.53. The second-order valence-electron chi connectivity index (χ2n) is 7.01. The second-order valence-corrected chi connectivity index (χ2v) is 8.40. The Morgan fingerprint density at radius 1 is 1.11 bits per heavy atom. The van der Waals surface area contributed by atoms with Crippen molar-refractivity contribution < 1.29 is 14.4 Å². The average molecular weight is 418 g/mol. The zero-order valence-corrected chi connectivity index (χ0v) is 16.7. The molecule has 2 aromatic rings. The highest BCUT2D eigenvalue weighted by Crippen LogP contribution is 2.25. The molecule has 1 N–H and O–H groups in total. The van der Waals surface area contributed by atoms with Crippen molar-refractivity contribution in [3.63, 3.8) is 0 Å². The SMILES string of the molecule is O=C(c1cccs1)N1CCC(NC2CC(=O)N(c3ccc(Cl)cc3)C2=O)CC1. The first-order valence-electron chi connectivity index (χ1n) is 9.24. The van der Waals surface area contributed by atoms with Gasteiger partial charge in [0.1, 0.15) is 0 Å². The third kappa shape index (κ3) is 3.83. The van der Waals surface area contributed by atoms with Gasteiger partial charge in [-0.05, 0) is 48.6 Å². The third-order valence-corrected chi connectivity index (χ3v) is 6.29. The number of nitrogens with zero attached hydrogens (tertiary/aromatic N) is 2. The number of piperidine rings is 1. The van der Waals surface area contributed by atoms with Crippen molar-refractivity contribution in [3.8, 4) is 0 Å². The number of benzene rings is 1. The van der Waals surface area contributed by atoms with E-state index in [0.717, 1.165) is 17.7 Å². The molecule has 28 heavy (non-hydrogen) atoms. The van der Waals surface area contributed by atoms with Crippen molar-refractivity contribution >= 4 is 46.3 Å². The van der Waals surface area contributed by atoms with Crippen LogP contribution in [0.15, 0.2) is 41.8 Å². The molecular weight excluding hydrogens is 398 g/mol. The highest BCUT2D eigenvalue weighted by molar-refractivity contribution is 7.12. The molecule has 146 valence electrons. The third-order valence-electron chi connectivity index (χ3n) is 5.18. The first-order valence-corrected chi connectivity index (χ1v) is 10.5. The number of carbonyl (C=O) groups is 3. The number of halogens is 1. The number of anilines is 1. The van der Waals surface area contributed by atoms with Crippen molar-refractivity contribution in [1.29, 1.82) is 0 Å². The van der Waals surface area contributed by atoms with E-state index in [1.807, 2.05) is 22.4 Å². The second kappa shape index (κ2) is 8.03. The number of amides is 3. The molecule has 0 saturated carbocycles. The fraction of sp³-hybridized carbons (Fsp3) is 0.350. The Kier molecular flexibility index (Phi) is 5.48. The minimum absolute atomic E-state index is 0.0643. The molecule has 8 heteroatoms. The van der Waals surface area contributed by atoms with Crippen LogP contribution < -0.4 is 10.2 Å². The van der Waals surface area contributed by atoms with Crippen LogP contribution in [0.5, 0.6) is 0 Å². The zero-order chi connectivity index (χ0) is 19.7. The van der Waals surface area contributed by atoms with Crippen molar-refractivity contribution in [1.82, 2.24) is 10.2 Å². The summed E-state index contributed by atoms with van der Waals surface area (Å²) in [6, 6.07) is 9.99. The van der Waals surface area contributed by atoms with E-state index in [1.54, 1.807) is 24.3 Å². The summed E-state index contributed by atoms with van der Waals surface area (Å²) < 4.78 is 0. The van der Waals surface area contributed by atoms with Crippen LogP contribution in [0.4, 0.5) is 5.69 Å². The molecule has 1 atom stereocenters. The number of rotatable bonds is 4. The highest BCUT2D eigenvalue weighted by Gasteiger charge is 2.40. The number of likely N-dealkylation sites (tertiary alicyclic amines) is 1. The molecule has 4 rings (SSSR count). The molecule has 3 amide bonds. The standard InChI is InChI=1S/C20H20ClN3O3S/c21-13-3-5-15(6-4-13)24-18(25)12-16(19(24)26)22-14-7-9-23(10-8-14)20(27)17-2-1-11-28-17/h1-6,11,14,16,22H,7-10,12H2. The molecule has 0 radical (unpaired) electrons. The first kappa shape index (κ1) is 19.1. The number of carbonyl (C=O) groups excluding carboxylic acids is 3. The van der Waals surface area contributed by atoms with Gasteiger partial charge >= 0.3 is 0 Å². The van der Waals surface area contributed by atoms with Gasteiger partial charge < -0.3 is 10.2 Å². The van der Waals surface area contributed by atoms with E-state index in [-0.39, 0.29) is 30.2 Å². The van der Waals surface area contributed by atoms with Crippen molar-refractivity contribution in [3.05, 3.63) is 51.7 Å². The fourth-order valence-electron chi connectivity index (χ4n) is 3.71. The van der Waals surface area contributed by atoms with Gasteiger partial charge in [0.15, 0.2) is 0 Å². The van der Waals surface area contributed by atoms with Crippen molar-refractivity contribution in [2.24, 2.45) is 0 Å². The number of imide groups is 1. The molecule has 6 nitrogen and oxygen atoms in total. The maximum Gasteiger partial charge on any atom is 0.263 e. The summed E-state index contributed by atoms with van der Waals surface area (Å²) in [5.41, 5.74) is 0.542. The van der Waals surface area contributed by atoms with Crippen molar-refractivity contribution in [2.75, 3.05) is 18.0 Å². The Morgan fingerprint density at radius 2 is 1.82 bits per heavy atom. The summed E-state index contributed by atoms with van der Waals surface area (Å²) in [4.78, 5) is 41.4. The minimum atomic E-state index is -0.521. The molecule has 2 fully saturated rings. The van der Waals surface area contributed by atoms with Gasteiger partial charge in [-0.1, -0.05) is 17.7 Å². The molecule has 3 heterocycles. The molecule has 0 aliphatic carbocycles. The molecule has 1 aromatic heterocycles. The number of hydrogen-bond acceptors (Lipinski definition) is 5. The lowest BCUT2D eigenvalue weighted by molar-refractivity contribution is -0.121. The zero-order valence-electron chi connectivity index (χ0n) is 15.1. The lowest BCUT2D eigenvalue weighted by atomic mass is 10.0. The van der Waals surface area contributed by atoms with Gasteiger partial charge in [-0.25, -0.2) is 4.90 Å². The predicted octanol–water partition coefficient (Wildman–Crippen LogP) is 2.93. The highest BCUT2D eigenvalue weighted by atomic mass is 35.5. The molecule has 1 aromatic carbocycles. The molecule has 2 saturated heterocycles.